The number of aromatic nitrogens is 2. The van der Waals surface area contributed by atoms with Crippen molar-refractivity contribution >= 4 is 11.6 Å². The number of anilines is 1. The van der Waals surface area contributed by atoms with Gasteiger partial charge >= 0.3 is 0 Å². The number of nitrogens with one attached hydrogen (secondary N) is 1. The topological polar surface area (TPSA) is 56.2 Å². The molecule has 0 aliphatic heterocycles. The van der Waals surface area contributed by atoms with Crippen molar-refractivity contribution in [2.45, 2.75) is 33.9 Å². The van der Waals surface area contributed by atoms with Gasteiger partial charge in [0.25, 0.3) is 5.91 Å². The molecular weight excluding hydrogens is 326 g/mol. The zero-order chi connectivity index (χ0) is 18.5. The monoisotopic (exact) mass is 349 g/mol. The van der Waals surface area contributed by atoms with Gasteiger partial charge in [-0.25, -0.2) is 4.68 Å². The summed E-state index contributed by atoms with van der Waals surface area (Å²) in [5.41, 5.74) is 4.55. The highest BCUT2D eigenvalue weighted by molar-refractivity contribution is 6.02. The Morgan fingerprint density at radius 3 is 2.62 bits per heavy atom. The maximum Gasteiger partial charge on any atom is 0.276 e. The van der Waals surface area contributed by atoms with E-state index in [2.05, 4.69) is 17.3 Å². The number of amides is 1. The van der Waals surface area contributed by atoms with E-state index in [9.17, 15) is 4.79 Å². The molecule has 0 saturated carbocycles. The number of hydrogen-bond donors (Lipinski definition) is 1. The van der Waals surface area contributed by atoms with Crippen molar-refractivity contribution in [3.05, 3.63) is 77.1 Å². The summed E-state index contributed by atoms with van der Waals surface area (Å²) in [6, 6.07) is 15.6. The Bertz CT molecular complexity index is 898. The summed E-state index contributed by atoms with van der Waals surface area (Å²) in [5.74, 6) is 0.585. The van der Waals surface area contributed by atoms with Gasteiger partial charge in [0.1, 0.15) is 5.75 Å². The molecule has 26 heavy (non-hydrogen) atoms. The summed E-state index contributed by atoms with van der Waals surface area (Å²) in [6.07, 6.45) is 2.71. The van der Waals surface area contributed by atoms with Crippen LogP contribution in [-0.4, -0.2) is 15.7 Å². The van der Waals surface area contributed by atoms with E-state index in [1.54, 1.807) is 16.9 Å². The fourth-order valence-corrected chi connectivity index (χ4v) is 2.57. The van der Waals surface area contributed by atoms with Crippen LogP contribution in [0.3, 0.4) is 0 Å². The molecular formula is C21H23N3O2. The summed E-state index contributed by atoms with van der Waals surface area (Å²) in [5, 5.41) is 7.14. The molecule has 0 atom stereocenters. The molecule has 0 fully saturated rings. The highest BCUT2D eigenvalue weighted by Gasteiger charge is 2.10. The Balaban J connectivity index is 1.61. The number of carbonyl (C=O) groups excluding carboxylic acids is 1. The van der Waals surface area contributed by atoms with Crippen LogP contribution >= 0.6 is 0 Å². The van der Waals surface area contributed by atoms with Gasteiger partial charge in [-0.1, -0.05) is 31.2 Å². The lowest BCUT2D eigenvalue weighted by Gasteiger charge is -2.09. The minimum atomic E-state index is -0.236. The Hall–Kier alpha value is -3.08. The molecule has 0 unspecified atom stereocenters. The number of nitrogens with zero attached hydrogens (tertiary/aromatic N) is 2. The molecule has 0 saturated heterocycles. The third kappa shape index (κ3) is 4.30. The third-order valence-corrected chi connectivity index (χ3v) is 4.19. The molecule has 2 aromatic carbocycles. The maximum atomic E-state index is 12.3. The van der Waals surface area contributed by atoms with Crippen LogP contribution in [0.2, 0.25) is 0 Å². The highest BCUT2D eigenvalue weighted by atomic mass is 16.5. The van der Waals surface area contributed by atoms with Gasteiger partial charge in [0.15, 0.2) is 12.4 Å². The van der Waals surface area contributed by atoms with Crippen LogP contribution in [0.5, 0.6) is 5.75 Å². The summed E-state index contributed by atoms with van der Waals surface area (Å²) < 4.78 is 7.42. The quantitative estimate of drug-likeness (QED) is 0.720. The standard InChI is InChI=1S/C21H23N3O2/c1-4-17-7-9-18(10-8-17)22-21(25)19-11-12-24(23-19)14-26-20-13-15(2)5-6-16(20)3/h5-13H,4,14H2,1-3H3,(H,22,25). The average molecular weight is 349 g/mol. The van der Waals surface area contributed by atoms with Crippen LogP contribution in [0, 0.1) is 13.8 Å². The Kier molecular flexibility index (Phi) is 5.37. The molecule has 1 aromatic heterocycles. The fourth-order valence-electron chi connectivity index (χ4n) is 2.57. The first-order valence-electron chi connectivity index (χ1n) is 8.69. The van der Waals surface area contributed by atoms with Crippen molar-refractivity contribution < 1.29 is 9.53 Å². The molecule has 0 aliphatic rings. The van der Waals surface area contributed by atoms with Crippen molar-refractivity contribution in [1.29, 1.82) is 0 Å². The molecule has 0 aliphatic carbocycles. The number of hydrogen-bond acceptors (Lipinski definition) is 3. The largest absolute Gasteiger partial charge is 0.471 e. The molecule has 0 radical (unpaired) electrons. The first-order chi connectivity index (χ1) is 12.5. The number of aryl methyl sites for hydroxylation is 3. The minimum absolute atomic E-state index is 0.236. The number of carbonyl (C=O) groups is 1. The van der Waals surface area contributed by atoms with Crippen molar-refractivity contribution in [1.82, 2.24) is 9.78 Å². The lowest BCUT2D eigenvalue weighted by Crippen LogP contribution is -2.14. The lowest BCUT2D eigenvalue weighted by molar-refractivity contribution is 0.102. The maximum absolute atomic E-state index is 12.3. The van der Waals surface area contributed by atoms with Crippen LogP contribution in [-0.2, 0) is 13.2 Å². The van der Waals surface area contributed by atoms with Crippen molar-refractivity contribution in [3.63, 3.8) is 0 Å². The van der Waals surface area contributed by atoms with Crippen LogP contribution < -0.4 is 10.1 Å². The van der Waals surface area contributed by atoms with Gasteiger partial charge in [0.05, 0.1) is 0 Å². The fraction of sp³-hybridized carbons (Fsp3) is 0.238. The van der Waals surface area contributed by atoms with Crippen molar-refractivity contribution in [3.8, 4) is 5.75 Å². The van der Waals surface area contributed by atoms with Gasteiger partial charge < -0.3 is 10.1 Å². The van der Waals surface area contributed by atoms with E-state index in [0.29, 0.717) is 5.69 Å². The van der Waals surface area contributed by atoms with Crippen LogP contribution in [0.15, 0.2) is 54.7 Å². The molecule has 0 spiro atoms. The van der Waals surface area contributed by atoms with E-state index in [-0.39, 0.29) is 12.6 Å². The van der Waals surface area contributed by atoms with Gasteiger partial charge in [-0.3, -0.25) is 4.79 Å². The first-order valence-corrected chi connectivity index (χ1v) is 8.69. The Morgan fingerprint density at radius 1 is 1.12 bits per heavy atom. The molecule has 3 rings (SSSR count). The number of ether oxygens (including phenoxy) is 1. The Morgan fingerprint density at radius 2 is 1.88 bits per heavy atom. The summed E-state index contributed by atoms with van der Waals surface area (Å²) in [7, 11) is 0. The third-order valence-electron chi connectivity index (χ3n) is 4.19. The molecule has 1 N–H and O–H groups in total. The summed E-state index contributed by atoms with van der Waals surface area (Å²) in [6.45, 7) is 6.37. The minimum Gasteiger partial charge on any atom is -0.471 e. The second-order valence-corrected chi connectivity index (χ2v) is 6.29. The zero-order valence-corrected chi connectivity index (χ0v) is 15.3. The van der Waals surface area contributed by atoms with Crippen molar-refractivity contribution in [2.24, 2.45) is 0 Å². The van der Waals surface area contributed by atoms with Crippen LogP contribution in [0.4, 0.5) is 5.69 Å². The van der Waals surface area contributed by atoms with E-state index in [1.807, 2.05) is 56.3 Å². The van der Waals surface area contributed by atoms with Crippen LogP contribution in [0.25, 0.3) is 0 Å². The summed E-state index contributed by atoms with van der Waals surface area (Å²) >= 11 is 0. The van der Waals surface area contributed by atoms with Gasteiger partial charge in [-0.15, -0.1) is 0 Å². The molecule has 5 heteroatoms. The Labute approximate surface area is 153 Å². The van der Waals surface area contributed by atoms with E-state index in [0.717, 1.165) is 29.0 Å². The molecule has 3 aromatic rings. The highest BCUT2D eigenvalue weighted by Crippen LogP contribution is 2.19. The lowest BCUT2D eigenvalue weighted by atomic mass is 10.1. The number of benzene rings is 2. The van der Waals surface area contributed by atoms with E-state index in [4.69, 9.17) is 4.74 Å². The van der Waals surface area contributed by atoms with E-state index < -0.39 is 0 Å². The predicted molar refractivity (Wildman–Crippen MR) is 103 cm³/mol. The molecule has 134 valence electrons. The first kappa shape index (κ1) is 17.7. The normalized spacial score (nSPS) is 10.6. The van der Waals surface area contributed by atoms with Gasteiger partial charge in [0, 0.05) is 11.9 Å². The molecule has 5 nitrogen and oxygen atoms in total. The van der Waals surface area contributed by atoms with Crippen LogP contribution in [0.1, 0.15) is 34.1 Å². The molecule has 1 amide bonds. The van der Waals surface area contributed by atoms with Crippen molar-refractivity contribution in [2.75, 3.05) is 5.32 Å². The molecule has 0 bridgehead atoms. The molecule has 1 heterocycles. The second kappa shape index (κ2) is 7.87. The predicted octanol–water partition coefficient (Wildman–Crippen LogP) is 4.35. The van der Waals surface area contributed by atoms with E-state index >= 15 is 0 Å². The van der Waals surface area contributed by atoms with Gasteiger partial charge in [-0.05, 0) is 61.2 Å². The number of rotatable bonds is 6. The second-order valence-electron chi connectivity index (χ2n) is 6.29. The SMILES string of the molecule is CCc1ccc(NC(=O)c2ccn(COc3cc(C)ccc3C)n2)cc1. The average Bonchev–Trinajstić information content (AvgIpc) is 3.12. The smallest absolute Gasteiger partial charge is 0.276 e. The van der Waals surface area contributed by atoms with Gasteiger partial charge in [0.2, 0.25) is 0 Å². The zero-order valence-electron chi connectivity index (χ0n) is 15.3. The van der Waals surface area contributed by atoms with Gasteiger partial charge in [-0.2, -0.15) is 5.10 Å². The van der Waals surface area contributed by atoms with E-state index in [1.165, 1.54) is 5.56 Å². The summed E-state index contributed by atoms with van der Waals surface area (Å²) in [4.78, 5) is 12.3.